The molecular weight excluding hydrogens is 264 g/mol. The van der Waals surface area contributed by atoms with Crippen LogP contribution in [-0.4, -0.2) is 40.2 Å². The van der Waals surface area contributed by atoms with Gasteiger partial charge in [-0.05, 0) is 18.6 Å². The summed E-state index contributed by atoms with van der Waals surface area (Å²) >= 11 is 0. The number of aldehydes is 1. The van der Waals surface area contributed by atoms with Crippen LogP contribution in [0.4, 0.5) is 0 Å². The highest BCUT2D eigenvalue weighted by Gasteiger charge is 2.21. The van der Waals surface area contributed by atoms with Crippen LogP contribution in [0.5, 0.6) is 17.2 Å². The van der Waals surface area contributed by atoms with Gasteiger partial charge in [0, 0.05) is 0 Å². The van der Waals surface area contributed by atoms with E-state index in [0.29, 0.717) is 23.3 Å². The predicted octanol–water partition coefficient (Wildman–Crippen LogP) is 1.63. The molecule has 0 radical (unpaired) electrons. The molecule has 0 aliphatic carbocycles. The lowest BCUT2D eigenvalue weighted by atomic mass is 10.0. The van der Waals surface area contributed by atoms with Crippen molar-refractivity contribution in [3.63, 3.8) is 0 Å². The molecule has 0 spiro atoms. The fourth-order valence-corrected chi connectivity index (χ4v) is 1.87. The van der Waals surface area contributed by atoms with Gasteiger partial charge in [0.25, 0.3) is 0 Å². The van der Waals surface area contributed by atoms with E-state index in [-0.39, 0.29) is 24.3 Å². The van der Waals surface area contributed by atoms with E-state index in [0.717, 1.165) is 0 Å². The van der Waals surface area contributed by atoms with E-state index in [2.05, 4.69) is 0 Å². The van der Waals surface area contributed by atoms with Gasteiger partial charge in [0.05, 0.1) is 39.9 Å². The van der Waals surface area contributed by atoms with Gasteiger partial charge in [-0.1, -0.05) is 0 Å². The van der Waals surface area contributed by atoms with Crippen molar-refractivity contribution in [1.29, 1.82) is 0 Å². The van der Waals surface area contributed by atoms with Crippen LogP contribution in [0.15, 0.2) is 6.07 Å². The van der Waals surface area contributed by atoms with Crippen LogP contribution in [0.25, 0.3) is 0 Å². The monoisotopic (exact) mass is 282 g/mol. The van der Waals surface area contributed by atoms with Crippen LogP contribution >= 0.6 is 0 Å². The van der Waals surface area contributed by atoms with E-state index in [1.165, 1.54) is 21.3 Å². The number of methoxy groups -OCH3 is 3. The second kappa shape index (κ2) is 7.37. The van der Waals surface area contributed by atoms with Gasteiger partial charge in [-0.2, -0.15) is 0 Å². The number of ether oxygens (including phenoxy) is 4. The maximum Gasteiger partial charge on any atom is 0.310 e. The van der Waals surface area contributed by atoms with Gasteiger partial charge in [0.15, 0.2) is 17.8 Å². The van der Waals surface area contributed by atoms with Crippen molar-refractivity contribution in [2.24, 2.45) is 0 Å². The van der Waals surface area contributed by atoms with Crippen LogP contribution in [0.2, 0.25) is 0 Å². The fraction of sp³-hybridized carbons (Fsp3) is 0.429. The summed E-state index contributed by atoms with van der Waals surface area (Å²) in [6.45, 7) is 1.99. The third kappa shape index (κ3) is 3.20. The first-order valence-corrected chi connectivity index (χ1v) is 6.05. The number of rotatable bonds is 7. The van der Waals surface area contributed by atoms with Crippen molar-refractivity contribution in [2.45, 2.75) is 13.3 Å². The molecule has 1 aromatic rings. The average molecular weight is 282 g/mol. The van der Waals surface area contributed by atoms with Gasteiger partial charge in [0.2, 0.25) is 5.75 Å². The molecule has 0 amide bonds. The lowest BCUT2D eigenvalue weighted by Crippen LogP contribution is -2.11. The Bertz CT molecular complexity index is 495. The van der Waals surface area contributed by atoms with Gasteiger partial charge in [-0.15, -0.1) is 0 Å². The topological polar surface area (TPSA) is 71.1 Å². The molecule has 6 heteroatoms. The molecule has 0 bridgehead atoms. The number of esters is 1. The smallest absolute Gasteiger partial charge is 0.310 e. The van der Waals surface area contributed by atoms with E-state index in [1.54, 1.807) is 13.0 Å². The Kier molecular flexibility index (Phi) is 5.83. The van der Waals surface area contributed by atoms with Crippen LogP contribution < -0.4 is 14.2 Å². The minimum atomic E-state index is -0.426. The van der Waals surface area contributed by atoms with Crippen molar-refractivity contribution in [1.82, 2.24) is 0 Å². The summed E-state index contributed by atoms with van der Waals surface area (Å²) < 4.78 is 20.4. The Morgan fingerprint density at radius 3 is 2.25 bits per heavy atom. The zero-order valence-corrected chi connectivity index (χ0v) is 12.0. The second-order valence-corrected chi connectivity index (χ2v) is 3.82. The van der Waals surface area contributed by atoms with Crippen molar-refractivity contribution in [3.8, 4) is 17.2 Å². The number of benzene rings is 1. The van der Waals surface area contributed by atoms with Crippen LogP contribution in [-0.2, 0) is 16.0 Å². The molecule has 0 fully saturated rings. The summed E-state index contributed by atoms with van der Waals surface area (Å²) in [5.74, 6) is 0.505. The molecule has 0 aliphatic rings. The Labute approximate surface area is 117 Å². The molecule has 0 N–H and O–H groups in total. The zero-order valence-electron chi connectivity index (χ0n) is 12.0. The average Bonchev–Trinajstić information content (AvgIpc) is 2.45. The minimum absolute atomic E-state index is 0.0430. The third-order valence-electron chi connectivity index (χ3n) is 2.71. The molecule has 0 aromatic heterocycles. The second-order valence-electron chi connectivity index (χ2n) is 3.82. The molecule has 0 aliphatic heterocycles. The van der Waals surface area contributed by atoms with Crippen LogP contribution in [0.1, 0.15) is 22.8 Å². The van der Waals surface area contributed by atoms with Crippen molar-refractivity contribution >= 4 is 12.3 Å². The number of hydrogen-bond acceptors (Lipinski definition) is 6. The maximum atomic E-state index is 11.6. The normalized spacial score (nSPS) is 9.80. The highest BCUT2D eigenvalue weighted by Crippen LogP contribution is 2.41. The standard InChI is InChI=1S/C14H18O6/c1-5-20-12(16)7-9-6-11(17-2)14(19-4)13(18-3)10(9)8-15/h6,8H,5,7H2,1-4H3. The molecule has 110 valence electrons. The summed E-state index contributed by atoms with van der Waals surface area (Å²) in [5, 5.41) is 0. The summed E-state index contributed by atoms with van der Waals surface area (Å²) in [5.41, 5.74) is 0.714. The first-order valence-electron chi connectivity index (χ1n) is 6.05. The summed E-state index contributed by atoms with van der Waals surface area (Å²) in [7, 11) is 4.32. The summed E-state index contributed by atoms with van der Waals surface area (Å²) in [4.78, 5) is 22.9. The molecule has 6 nitrogen and oxygen atoms in total. The number of carbonyl (C=O) groups is 2. The highest BCUT2D eigenvalue weighted by molar-refractivity contribution is 5.87. The van der Waals surface area contributed by atoms with Gasteiger partial charge < -0.3 is 18.9 Å². The molecule has 1 aromatic carbocycles. The molecule has 0 saturated carbocycles. The van der Waals surface area contributed by atoms with Crippen molar-refractivity contribution in [2.75, 3.05) is 27.9 Å². The molecule has 0 saturated heterocycles. The Morgan fingerprint density at radius 1 is 1.15 bits per heavy atom. The number of hydrogen-bond donors (Lipinski definition) is 0. The van der Waals surface area contributed by atoms with E-state index in [4.69, 9.17) is 18.9 Å². The Balaban J connectivity index is 3.35. The minimum Gasteiger partial charge on any atom is -0.493 e. The van der Waals surface area contributed by atoms with Crippen LogP contribution in [0.3, 0.4) is 0 Å². The largest absolute Gasteiger partial charge is 0.493 e. The maximum absolute atomic E-state index is 11.6. The lowest BCUT2D eigenvalue weighted by molar-refractivity contribution is -0.142. The quantitative estimate of drug-likeness (QED) is 0.559. The van der Waals surface area contributed by atoms with Gasteiger partial charge >= 0.3 is 5.97 Å². The molecule has 0 unspecified atom stereocenters. The summed E-state index contributed by atoms with van der Waals surface area (Å²) in [6.07, 6.45) is 0.577. The lowest BCUT2D eigenvalue weighted by Gasteiger charge is -2.16. The van der Waals surface area contributed by atoms with Crippen molar-refractivity contribution in [3.05, 3.63) is 17.2 Å². The van der Waals surface area contributed by atoms with E-state index < -0.39 is 5.97 Å². The van der Waals surface area contributed by atoms with E-state index >= 15 is 0 Å². The molecule has 20 heavy (non-hydrogen) atoms. The Morgan fingerprint density at radius 2 is 1.80 bits per heavy atom. The van der Waals surface area contributed by atoms with Crippen molar-refractivity contribution < 1.29 is 28.5 Å². The van der Waals surface area contributed by atoms with Crippen LogP contribution in [0, 0.1) is 0 Å². The predicted molar refractivity (Wildman–Crippen MR) is 71.8 cm³/mol. The molecule has 1 rings (SSSR count). The first kappa shape index (κ1) is 15.8. The Hall–Kier alpha value is -2.24. The number of carbonyl (C=O) groups excluding carboxylic acids is 2. The first-order chi connectivity index (χ1) is 9.62. The molecule has 0 heterocycles. The van der Waals surface area contributed by atoms with Gasteiger partial charge in [0.1, 0.15) is 0 Å². The summed E-state index contributed by atoms with van der Waals surface area (Å²) in [6, 6.07) is 1.57. The SMILES string of the molecule is CCOC(=O)Cc1cc(OC)c(OC)c(OC)c1C=O. The van der Waals surface area contributed by atoms with E-state index in [9.17, 15) is 9.59 Å². The zero-order chi connectivity index (χ0) is 15.1. The van der Waals surface area contributed by atoms with E-state index in [1.807, 2.05) is 0 Å². The fourth-order valence-electron chi connectivity index (χ4n) is 1.87. The van der Waals surface area contributed by atoms with Gasteiger partial charge in [-0.25, -0.2) is 0 Å². The highest BCUT2D eigenvalue weighted by atomic mass is 16.5. The molecule has 0 atom stereocenters. The third-order valence-corrected chi connectivity index (χ3v) is 2.71. The van der Waals surface area contributed by atoms with Gasteiger partial charge in [-0.3, -0.25) is 9.59 Å². The molecular formula is C14H18O6.